The maximum atomic E-state index is 13.3. The third-order valence-corrected chi connectivity index (χ3v) is 20.6. The van der Waals surface area contributed by atoms with E-state index in [0.29, 0.717) is 32.1 Å². The summed E-state index contributed by atoms with van der Waals surface area (Å²) in [5.74, 6) is -0.948. The fraction of sp³-hybridized carbons (Fsp3) is 0.904. The van der Waals surface area contributed by atoms with Gasteiger partial charge >= 0.3 is 5.97 Å². The van der Waals surface area contributed by atoms with Gasteiger partial charge in [0.2, 0.25) is 0 Å². The van der Waals surface area contributed by atoms with Gasteiger partial charge in [-0.3, -0.25) is 4.79 Å². The Bertz CT molecular complexity index is 2080. The number of carbonyl (C=O) groups is 1. The van der Waals surface area contributed by atoms with Crippen LogP contribution in [0.1, 0.15) is 92.9 Å². The molecule has 4 aliphatic heterocycles. The van der Waals surface area contributed by atoms with Crippen LogP contribution in [0.2, 0.25) is 0 Å². The predicted octanol–water partition coefficient (Wildman–Crippen LogP) is -1.44. The zero-order chi connectivity index (χ0) is 53.9. The molecule has 4 saturated heterocycles. The van der Waals surface area contributed by atoms with Crippen LogP contribution >= 0.6 is 0 Å². The minimum Gasteiger partial charge on any atom is -0.481 e. The number of aliphatic carboxylic acids is 1. The average Bonchev–Trinajstić information content (AvgIpc) is 3.35. The van der Waals surface area contributed by atoms with Crippen LogP contribution in [0.5, 0.6) is 0 Å². The zero-order valence-electron chi connectivity index (χ0n) is 43.1. The first-order chi connectivity index (χ1) is 34.7. The van der Waals surface area contributed by atoms with Crippen molar-refractivity contribution in [1.82, 2.24) is 0 Å². The Hall–Kier alpha value is -1.85. The molecule has 422 valence electrons. The second-order valence-electron chi connectivity index (χ2n) is 24.6. The molecule has 0 aromatic rings. The zero-order valence-corrected chi connectivity index (χ0v) is 43.1. The standard InChI is InChI=1S/C52H82O22/c1-21-10-13-52(47(65)66)15-14-50(6)23(31(52)22(21)2)8-9-30-49(5)16-24(55)42(48(3,4)29(49)11-12-51(30,50)7)74-46-41(39(35(61)28(18-54)70-46)71-43-37(63)32(58)25(56)19-67-43)73-45-40(33(59)26(57)20-68-45)72-44-38(64)36(62)34(60)27(17-53)69-44/h8,22,24-46,53-64H,1,9-20H2,2-7H3,(H,65,66). The van der Waals surface area contributed by atoms with E-state index in [2.05, 4.69) is 40.3 Å². The van der Waals surface area contributed by atoms with Gasteiger partial charge in [-0.15, -0.1) is 0 Å². The van der Waals surface area contributed by atoms with Gasteiger partial charge in [-0.05, 0) is 90.8 Å². The van der Waals surface area contributed by atoms with Gasteiger partial charge in [-0.2, -0.15) is 0 Å². The number of rotatable bonds is 11. The highest BCUT2D eigenvalue weighted by Crippen LogP contribution is 2.76. The lowest BCUT2D eigenvalue weighted by molar-refractivity contribution is -0.405. The molecule has 9 aliphatic rings. The van der Waals surface area contributed by atoms with Crippen molar-refractivity contribution < 1.29 is 109 Å². The van der Waals surface area contributed by atoms with Crippen molar-refractivity contribution in [2.24, 2.45) is 50.7 Å². The third-order valence-electron chi connectivity index (χ3n) is 20.6. The van der Waals surface area contributed by atoms with Gasteiger partial charge in [0, 0.05) is 5.92 Å². The maximum Gasteiger partial charge on any atom is 0.310 e. The highest BCUT2D eigenvalue weighted by atomic mass is 16.8. The summed E-state index contributed by atoms with van der Waals surface area (Å²) in [4.78, 5) is 13.3. The van der Waals surface area contributed by atoms with Crippen molar-refractivity contribution in [3.63, 3.8) is 0 Å². The van der Waals surface area contributed by atoms with Crippen LogP contribution in [-0.4, -0.2) is 222 Å². The van der Waals surface area contributed by atoms with E-state index >= 15 is 0 Å². The van der Waals surface area contributed by atoms with Crippen molar-refractivity contribution in [2.75, 3.05) is 26.4 Å². The number of fused-ring (bicyclic) bond motifs is 7. The van der Waals surface area contributed by atoms with Crippen LogP contribution in [0.15, 0.2) is 23.8 Å². The van der Waals surface area contributed by atoms with E-state index < -0.39 is 171 Å². The van der Waals surface area contributed by atoms with E-state index in [-0.39, 0.29) is 40.9 Å². The highest BCUT2D eigenvalue weighted by Gasteiger charge is 2.71. The van der Waals surface area contributed by atoms with E-state index in [4.69, 9.17) is 37.9 Å². The molecule has 0 spiro atoms. The van der Waals surface area contributed by atoms with Gasteiger partial charge in [0.25, 0.3) is 0 Å². The molecule has 4 heterocycles. The summed E-state index contributed by atoms with van der Waals surface area (Å²) in [5, 5.41) is 142. The molecule has 13 N–H and O–H groups in total. The lowest BCUT2D eigenvalue weighted by atomic mass is 9.33. The predicted molar refractivity (Wildman–Crippen MR) is 252 cm³/mol. The van der Waals surface area contributed by atoms with Crippen molar-refractivity contribution in [3.05, 3.63) is 23.8 Å². The second-order valence-corrected chi connectivity index (χ2v) is 24.6. The summed E-state index contributed by atoms with van der Waals surface area (Å²) in [6, 6.07) is 0. The molecule has 4 saturated carbocycles. The number of carboxylic acids is 1. The SMILES string of the molecule is C=C1CCC2(C(=O)O)CCC3(C)C(=CCC4C5(C)CC(O)C(OC6OC(CO)C(O)C(OC7OCC(O)C(O)C7O)C6OC6OCC(O)C(O)C6OC6OC(CO)C(O)C(O)C6O)C(C)(C)C5CCC43C)C2C1C. The van der Waals surface area contributed by atoms with Crippen LogP contribution in [0, 0.1) is 50.7 Å². The molecule has 0 aromatic carbocycles. The topological polar surface area (TPSA) is 354 Å². The van der Waals surface area contributed by atoms with Crippen molar-refractivity contribution in [3.8, 4) is 0 Å². The summed E-state index contributed by atoms with van der Waals surface area (Å²) >= 11 is 0. The first-order valence-corrected chi connectivity index (χ1v) is 26.5. The van der Waals surface area contributed by atoms with Crippen LogP contribution in [0.25, 0.3) is 0 Å². The number of carboxylic acid groups (broad SMARTS) is 1. The molecule has 22 nitrogen and oxygen atoms in total. The Morgan fingerprint density at radius 3 is 1.91 bits per heavy atom. The lowest BCUT2D eigenvalue weighted by Crippen LogP contribution is -2.69. The summed E-state index contributed by atoms with van der Waals surface area (Å²) < 4.78 is 48.9. The number of hydrogen-bond acceptors (Lipinski definition) is 21. The second kappa shape index (κ2) is 20.7. The smallest absolute Gasteiger partial charge is 0.310 e. The van der Waals surface area contributed by atoms with Gasteiger partial charge in [-0.25, -0.2) is 0 Å². The molecule has 28 atom stereocenters. The van der Waals surface area contributed by atoms with Gasteiger partial charge in [-0.1, -0.05) is 65.3 Å². The number of allylic oxidation sites excluding steroid dienone is 3. The summed E-state index contributed by atoms with van der Waals surface area (Å²) in [7, 11) is 0. The Balaban J connectivity index is 1.04. The number of hydrogen-bond donors (Lipinski definition) is 13. The molecule has 22 heteroatoms. The first kappa shape index (κ1) is 56.9. The maximum absolute atomic E-state index is 13.3. The molecule has 9 rings (SSSR count). The Kier molecular flexibility index (Phi) is 15.9. The van der Waals surface area contributed by atoms with Gasteiger partial charge in [0.05, 0.1) is 44.1 Å². The van der Waals surface area contributed by atoms with Crippen molar-refractivity contribution in [1.29, 1.82) is 0 Å². The molecule has 5 aliphatic carbocycles. The summed E-state index contributed by atoms with van der Waals surface area (Å²) in [6.45, 7) is 14.7. The summed E-state index contributed by atoms with van der Waals surface area (Å²) in [6.07, 6.45) is -26.3. The van der Waals surface area contributed by atoms with Crippen molar-refractivity contribution in [2.45, 2.75) is 216 Å². The van der Waals surface area contributed by atoms with Crippen LogP contribution in [-0.2, 0) is 42.7 Å². The quantitative estimate of drug-likeness (QED) is 0.0832. The van der Waals surface area contributed by atoms with Crippen LogP contribution < -0.4 is 0 Å². The molecule has 0 aromatic heterocycles. The minimum atomic E-state index is -1.96. The monoisotopic (exact) mass is 1060 g/mol. The normalized spacial score (nSPS) is 54.5. The average molecular weight is 1060 g/mol. The summed E-state index contributed by atoms with van der Waals surface area (Å²) in [5.41, 5.74) is -0.516. The van der Waals surface area contributed by atoms with Gasteiger partial charge in [0.15, 0.2) is 25.2 Å². The first-order valence-electron chi connectivity index (χ1n) is 26.5. The molecule has 0 amide bonds. The van der Waals surface area contributed by atoms with Crippen molar-refractivity contribution >= 4 is 5.97 Å². The van der Waals surface area contributed by atoms with Gasteiger partial charge in [0.1, 0.15) is 85.5 Å². The van der Waals surface area contributed by atoms with E-state index in [1.54, 1.807) is 0 Å². The Morgan fingerprint density at radius 2 is 1.24 bits per heavy atom. The number of ether oxygens (including phenoxy) is 8. The van der Waals surface area contributed by atoms with E-state index in [1.807, 2.05) is 13.8 Å². The van der Waals surface area contributed by atoms with Crippen LogP contribution in [0.4, 0.5) is 0 Å². The third kappa shape index (κ3) is 8.90. The fourth-order valence-corrected chi connectivity index (χ4v) is 16.1. The molecule has 28 unspecified atom stereocenters. The van der Waals surface area contributed by atoms with E-state index in [1.165, 1.54) is 5.57 Å². The number of aliphatic hydroxyl groups excluding tert-OH is 12. The molecule has 74 heavy (non-hydrogen) atoms. The van der Waals surface area contributed by atoms with E-state index in [9.17, 15) is 71.2 Å². The lowest BCUT2D eigenvalue weighted by Gasteiger charge is -2.71. The Labute approximate surface area is 430 Å². The molecular weight excluding hydrogens is 977 g/mol. The van der Waals surface area contributed by atoms with E-state index in [0.717, 1.165) is 18.4 Å². The highest BCUT2D eigenvalue weighted by molar-refractivity contribution is 5.77. The molecule has 0 radical (unpaired) electrons. The largest absolute Gasteiger partial charge is 0.481 e. The molecule has 0 bridgehead atoms. The van der Waals surface area contributed by atoms with Gasteiger partial charge < -0.3 is 104 Å². The minimum absolute atomic E-state index is 0.000512. The number of aliphatic hydroxyl groups is 12. The molecule has 8 fully saturated rings. The molecular formula is C52H82O22. The Morgan fingerprint density at radius 1 is 0.649 bits per heavy atom. The van der Waals surface area contributed by atoms with Crippen LogP contribution in [0.3, 0.4) is 0 Å². The fourth-order valence-electron chi connectivity index (χ4n) is 16.1.